The second-order valence-corrected chi connectivity index (χ2v) is 6.77. The molecule has 0 unspecified atom stereocenters. The Hall–Kier alpha value is -3.41. The van der Waals surface area contributed by atoms with Gasteiger partial charge in [-0.15, -0.1) is 0 Å². The smallest absolute Gasteiger partial charge is 0.257 e. The van der Waals surface area contributed by atoms with Gasteiger partial charge in [-0.2, -0.15) is 0 Å². The van der Waals surface area contributed by atoms with Crippen LogP contribution in [0.5, 0.6) is 0 Å². The van der Waals surface area contributed by atoms with Gasteiger partial charge in [-0.25, -0.2) is 4.98 Å². The number of rotatable bonds is 8. The molecule has 0 aliphatic heterocycles. The lowest BCUT2D eigenvalue weighted by molar-refractivity contribution is 0.102. The van der Waals surface area contributed by atoms with E-state index in [2.05, 4.69) is 45.4 Å². The lowest BCUT2D eigenvalue weighted by atomic mass is 10.1. The Bertz CT molecular complexity index is 937. The Morgan fingerprint density at radius 3 is 2.52 bits per heavy atom. The van der Waals surface area contributed by atoms with Crippen LogP contribution in [0.3, 0.4) is 0 Å². The second-order valence-electron chi connectivity index (χ2n) is 6.77. The molecule has 2 aromatic heterocycles. The number of benzene rings is 1. The van der Waals surface area contributed by atoms with Crippen LogP contribution in [0.1, 0.15) is 35.3 Å². The summed E-state index contributed by atoms with van der Waals surface area (Å²) in [6.45, 7) is 8.81. The lowest BCUT2D eigenvalue weighted by Gasteiger charge is -2.22. The fourth-order valence-corrected chi connectivity index (χ4v) is 3.10. The molecular weight excluding hydrogens is 362 g/mol. The van der Waals surface area contributed by atoms with Crippen molar-refractivity contribution < 1.29 is 4.79 Å². The number of nitrogens with zero attached hydrogens (tertiary/aromatic N) is 3. The molecule has 29 heavy (non-hydrogen) atoms. The molecule has 0 saturated carbocycles. The standard InChI is InChI=1S/C23H27N5O/c1-4-28(5-2)20-9-10-21(17(3)13-20)27-23(29)19-8-11-22(26-16-19)25-15-18-7-6-12-24-14-18/h6-14,16H,4-5,15H2,1-3H3,(H,25,26)(H,27,29). The Morgan fingerprint density at radius 1 is 1.07 bits per heavy atom. The minimum atomic E-state index is -0.171. The Balaban J connectivity index is 1.62. The molecule has 0 atom stereocenters. The van der Waals surface area contributed by atoms with Crippen LogP contribution in [0.25, 0.3) is 0 Å². The molecule has 1 aromatic carbocycles. The van der Waals surface area contributed by atoms with Gasteiger partial charge >= 0.3 is 0 Å². The normalized spacial score (nSPS) is 10.4. The highest BCUT2D eigenvalue weighted by molar-refractivity contribution is 6.04. The van der Waals surface area contributed by atoms with Crippen LogP contribution in [-0.2, 0) is 6.54 Å². The zero-order chi connectivity index (χ0) is 20.6. The minimum absolute atomic E-state index is 0.171. The van der Waals surface area contributed by atoms with E-state index in [1.807, 2.05) is 43.5 Å². The lowest BCUT2D eigenvalue weighted by Crippen LogP contribution is -2.22. The molecule has 0 fully saturated rings. The highest BCUT2D eigenvalue weighted by atomic mass is 16.1. The molecule has 1 amide bonds. The van der Waals surface area contributed by atoms with Gasteiger partial charge in [0.2, 0.25) is 0 Å². The van der Waals surface area contributed by atoms with E-state index in [0.717, 1.165) is 35.6 Å². The van der Waals surface area contributed by atoms with Crippen molar-refractivity contribution in [2.75, 3.05) is 28.6 Å². The van der Waals surface area contributed by atoms with E-state index in [0.29, 0.717) is 17.9 Å². The van der Waals surface area contributed by atoms with E-state index in [1.54, 1.807) is 18.5 Å². The van der Waals surface area contributed by atoms with Crippen molar-refractivity contribution in [2.24, 2.45) is 0 Å². The van der Waals surface area contributed by atoms with E-state index in [9.17, 15) is 4.79 Å². The first kappa shape index (κ1) is 20.3. The van der Waals surface area contributed by atoms with E-state index >= 15 is 0 Å². The Kier molecular flexibility index (Phi) is 6.79. The topological polar surface area (TPSA) is 70.2 Å². The van der Waals surface area contributed by atoms with Gasteiger partial charge < -0.3 is 15.5 Å². The van der Waals surface area contributed by atoms with Crippen LogP contribution in [0.2, 0.25) is 0 Å². The molecule has 0 saturated heterocycles. The quantitative estimate of drug-likeness (QED) is 0.594. The molecule has 150 valence electrons. The third kappa shape index (κ3) is 5.31. The van der Waals surface area contributed by atoms with E-state index in [-0.39, 0.29) is 5.91 Å². The monoisotopic (exact) mass is 389 g/mol. The number of aromatic nitrogens is 2. The summed E-state index contributed by atoms with van der Waals surface area (Å²) >= 11 is 0. The number of aryl methyl sites for hydroxylation is 1. The van der Waals surface area contributed by atoms with E-state index in [1.165, 1.54) is 0 Å². The van der Waals surface area contributed by atoms with Gasteiger partial charge in [0.15, 0.2) is 0 Å². The van der Waals surface area contributed by atoms with Gasteiger partial charge in [0.1, 0.15) is 5.82 Å². The molecule has 0 bridgehead atoms. The van der Waals surface area contributed by atoms with Crippen molar-refractivity contribution in [3.8, 4) is 0 Å². The number of nitrogens with one attached hydrogen (secondary N) is 2. The molecule has 0 aliphatic carbocycles. The molecular formula is C23H27N5O. The molecule has 2 heterocycles. The highest BCUT2D eigenvalue weighted by Gasteiger charge is 2.10. The molecule has 6 heteroatoms. The molecule has 6 nitrogen and oxygen atoms in total. The first-order valence-corrected chi connectivity index (χ1v) is 9.86. The predicted octanol–water partition coefficient (Wildman–Crippen LogP) is 4.50. The van der Waals surface area contributed by atoms with Gasteiger partial charge in [-0.3, -0.25) is 9.78 Å². The molecule has 0 aliphatic rings. The summed E-state index contributed by atoms with van der Waals surface area (Å²) < 4.78 is 0. The Morgan fingerprint density at radius 2 is 1.90 bits per heavy atom. The number of amides is 1. The molecule has 2 N–H and O–H groups in total. The van der Waals surface area contributed by atoms with Crippen molar-refractivity contribution in [1.82, 2.24) is 9.97 Å². The van der Waals surface area contributed by atoms with Crippen LogP contribution in [0.15, 0.2) is 61.1 Å². The number of anilines is 3. The van der Waals surface area contributed by atoms with Gasteiger partial charge in [0.25, 0.3) is 5.91 Å². The number of hydrogen-bond donors (Lipinski definition) is 2. The molecule has 0 radical (unpaired) electrons. The maximum Gasteiger partial charge on any atom is 0.257 e. The van der Waals surface area contributed by atoms with Crippen LogP contribution in [-0.4, -0.2) is 29.0 Å². The third-order valence-electron chi connectivity index (χ3n) is 4.81. The van der Waals surface area contributed by atoms with Gasteiger partial charge in [-0.1, -0.05) is 6.07 Å². The summed E-state index contributed by atoms with van der Waals surface area (Å²) in [5, 5.41) is 6.21. The maximum absolute atomic E-state index is 12.6. The van der Waals surface area contributed by atoms with Crippen LogP contribution >= 0.6 is 0 Å². The second kappa shape index (κ2) is 9.68. The van der Waals surface area contributed by atoms with Gasteiger partial charge in [-0.05, 0) is 68.3 Å². The zero-order valence-corrected chi connectivity index (χ0v) is 17.1. The number of pyridine rings is 2. The number of carbonyl (C=O) groups is 1. The summed E-state index contributed by atoms with van der Waals surface area (Å²) in [6, 6.07) is 13.6. The summed E-state index contributed by atoms with van der Waals surface area (Å²) in [6.07, 6.45) is 5.14. The molecule has 0 spiro atoms. The predicted molar refractivity (Wildman–Crippen MR) is 118 cm³/mol. The first-order chi connectivity index (χ1) is 14.1. The van der Waals surface area contributed by atoms with Crippen LogP contribution in [0, 0.1) is 6.92 Å². The average Bonchev–Trinajstić information content (AvgIpc) is 2.76. The molecule has 3 aromatic rings. The summed E-state index contributed by atoms with van der Waals surface area (Å²) in [5.41, 5.74) is 4.59. The third-order valence-corrected chi connectivity index (χ3v) is 4.81. The number of hydrogen-bond acceptors (Lipinski definition) is 5. The summed E-state index contributed by atoms with van der Waals surface area (Å²) in [4.78, 5) is 23.3. The van der Waals surface area contributed by atoms with Crippen molar-refractivity contribution in [3.05, 3.63) is 77.7 Å². The summed E-state index contributed by atoms with van der Waals surface area (Å²) in [7, 11) is 0. The Labute approximate surface area is 172 Å². The highest BCUT2D eigenvalue weighted by Crippen LogP contribution is 2.23. The first-order valence-electron chi connectivity index (χ1n) is 9.86. The van der Waals surface area contributed by atoms with Gasteiger partial charge in [0.05, 0.1) is 5.56 Å². The average molecular weight is 390 g/mol. The maximum atomic E-state index is 12.6. The minimum Gasteiger partial charge on any atom is -0.372 e. The fourth-order valence-electron chi connectivity index (χ4n) is 3.10. The zero-order valence-electron chi connectivity index (χ0n) is 17.1. The summed E-state index contributed by atoms with van der Waals surface area (Å²) in [5.74, 6) is 0.542. The van der Waals surface area contributed by atoms with Gasteiger partial charge in [0, 0.05) is 49.6 Å². The van der Waals surface area contributed by atoms with Crippen LogP contribution in [0.4, 0.5) is 17.2 Å². The van der Waals surface area contributed by atoms with Crippen LogP contribution < -0.4 is 15.5 Å². The van der Waals surface area contributed by atoms with E-state index < -0.39 is 0 Å². The van der Waals surface area contributed by atoms with Crippen molar-refractivity contribution >= 4 is 23.1 Å². The van der Waals surface area contributed by atoms with E-state index in [4.69, 9.17) is 0 Å². The SMILES string of the molecule is CCN(CC)c1ccc(NC(=O)c2ccc(NCc3cccnc3)nc2)c(C)c1. The van der Waals surface area contributed by atoms with Crippen molar-refractivity contribution in [2.45, 2.75) is 27.3 Å². The largest absolute Gasteiger partial charge is 0.372 e. The molecule has 3 rings (SSSR count). The van der Waals surface area contributed by atoms with Crippen molar-refractivity contribution in [1.29, 1.82) is 0 Å². The van der Waals surface area contributed by atoms with Crippen molar-refractivity contribution in [3.63, 3.8) is 0 Å². The number of carbonyl (C=O) groups excluding carboxylic acids is 1. The fraction of sp³-hybridized carbons (Fsp3) is 0.261.